The van der Waals surface area contributed by atoms with E-state index in [1.54, 1.807) is 0 Å². The molecular formula is C11H22N2O2. The van der Waals surface area contributed by atoms with Crippen LogP contribution in [0, 0.1) is 0 Å². The lowest BCUT2D eigenvalue weighted by Gasteiger charge is -2.27. The Hall–Kier alpha value is -0.610. The molecule has 1 aliphatic carbocycles. The highest BCUT2D eigenvalue weighted by Crippen LogP contribution is 2.29. The van der Waals surface area contributed by atoms with Gasteiger partial charge in [-0.3, -0.25) is 4.79 Å². The van der Waals surface area contributed by atoms with Crippen molar-refractivity contribution in [2.45, 2.75) is 44.1 Å². The maximum Gasteiger partial charge on any atom is 0.220 e. The SMILES string of the molecule is CNCCCC(=O)NC1(CO)CCCC1. The Morgan fingerprint density at radius 2 is 2.07 bits per heavy atom. The highest BCUT2D eigenvalue weighted by Gasteiger charge is 2.34. The lowest BCUT2D eigenvalue weighted by molar-refractivity contribution is -0.123. The van der Waals surface area contributed by atoms with Crippen LogP contribution in [0.3, 0.4) is 0 Å². The van der Waals surface area contributed by atoms with Gasteiger partial charge >= 0.3 is 0 Å². The normalized spacial score (nSPS) is 19.1. The van der Waals surface area contributed by atoms with Crippen LogP contribution in [0.15, 0.2) is 0 Å². The van der Waals surface area contributed by atoms with Gasteiger partial charge in [0, 0.05) is 6.42 Å². The van der Waals surface area contributed by atoms with E-state index in [4.69, 9.17) is 0 Å². The molecule has 4 heteroatoms. The lowest BCUT2D eigenvalue weighted by atomic mass is 9.98. The molecular weight excluding hydrogens is 192 g/mol. The molecule has 1 rings (SSSR count). The van der Waals surface area contributed by atoms with Crippen molar-refractivity contribution in [2.24, 2.45) is 0 Å². The molecule has 0 spiro atoms. The average Bonchev–Trinajstić information content (AvgIpc) is 2.67. The van der Waals surface area contributed by atoms with Gasteiger partial charge in [-0.1, -0.05) is 12.8 Å². The van der Waals surface area contributed by atoms with Crippen molar-refractivity contribution in [3.8, 4) is 0 Å². The molecule has 0 saturated heterocycles. The molecule has 15 heavy (non-hydrogen) atoms. The van der Waals surface area contributed by atoms with Crippen molar-refractivity contribution in [2.75, 3.05) is 20.2 Å². The zero-order valence-corrected chi connectivity index (χ0v) is 9.51. The Labute approximate surface area is 91.4 Å². The summed E-state index contributed by atoms with van der Waals surface area (Å²) in [6.07, 6.45) is 5.45. The number of aliphatic hydroxyl groups is 1. The maximum absolute atomic E-state index is 11.6. The van der Waals surface area contributed by atoms with Crippen molar-refractivity contribution in [3.05, 3.63) is 0 Å². The third-order valence-corrected chi connectivity index (χ3v) is 3.10. The Morgan fingerprint density at radius 1 is 1.40 bits per heavy atom. The second-order valence-electron chi connectivity index (χ2n) is 4.40. The fourth-order valence-electron chi connectivity index (χ4n) is 2.16. The number of nitrogens with one attached hydrogen (secondary N) is 2. The summed E-state index contributed by atoms with van der Waals surface area (Å²) in [6.45, 7) is 0.935. The Balaban J connectivity index is 2.28. The third kappa shape index (κ3) is 3.80. The summed E-state index contributed by atoms with van der Waals surface area (Å²) in [5.41, 5.74) is -0.309. The number of amides is 1. The third-order valence-electron chi connectivity index (χ3n) is 3.10. The minimum Gasteiger partial charge on any atom is -0.394 e. The quantitative estimate of drug-likeness (QED) is 0.561. The number of carbonyl (C=O) groups is 1. The van der Waals surface area contributed by atoms with E-state index in [2.05, 4.69) is 10.6 Å². The first-order valence-corrected chi connectivity index (χ1v) is 5.79. The van der Waals surface area contributed by atoms with Crippen LogP contribution >= 0.6 is 0 Å². The van der Waals surface area contributed by atoms with E-state index in [-0.39, 0.29) is 18.1 Å². The van der Waals surface area contributed by atoms with Gasteiger partial charge in [0.25, 0.3) is 0 Å². The van der Waals surface area contributed by atoms with Gasteiger partial charge in [0.05, 0.1) is 12.1 Å². The topological polar surface area (TPSA) is 61.4 Å². The van der Waals surface area contributed by atoms with Crippen LogP contribution in [0.25, 0.3) is 0 Å². The van der Waals surface area contributed by atoms with Crippen molar-refractivity contribution >= 4 is 5.91 Å². The summed E-state index contributed by atoms with van der Waals surface area (Å²) >= 11 is 0. The molecule has 0 radical (unpaired) electrons. The fourth-order valence-corrected chi connectivity index (χ4v) is 2.16. The van der Waals surface area contributed by atoms with Crippen LogP contribution in [0.4, 0.5) is 0 Å². The zero-order chi connectivity index (χ0) is 11.1. The Bertz CT molecular complexity index is 201. The summed E-state index contributed by atoms with van der Waals surface area (Å²) in [4.78, 5) is 11.6. The largest absolute Gasteiger partial charge is 0.394 e. The van der Waals surface area contributed by atoms with E-state index in [1.165, 1.54) is 0 Å². The van der Waals surface area contributed by atoms with Gasteiger partial charge < -0.3 is 15.7 Å². The smallest absolute Gasteiger partial charge is 0.220 e. The van der Waals surface area contributed by atoms with Crippen LogP contribution in [0.5, 0.6) is 0 Å². The van der Waals surface area contributed by atoms with E-state index in [0.29, 0.717) is 6.42 Å². The molecule has 0 aromatic heterocycles. The van der Waals surface area contributed by atoms with Crippen LogP contribution < -0.4 is 10.6 Å². The molecule has 0 aromatic rings. The van der Waals surface area contributed by atoms with Gasteiger partial charge in [-0.05, 0) is 32.9 Å². The maximum atomic E-state index is 11.6. The molecule has 0 aromatic carbocycles. The first kappa shape index (κ1) is 12.5. The van der Waals surface area contributed by atoms with Gasteiger partial charge in [-0.15, -0.1) is 0 Å². The van der Waals surface area contributed by atoms with E-state index in [0.717, 1.165) is 38.6 Å². The number of hydrogen-bond donors (Lipinski definition) is 3. The molecule has 1 saturated carbocycles. The number of hydrogen-bond acceptors (Lipinski definition) is 3. The molecule has 0 heterocycles. The van der Waals surface area contributed by atoms with Crippen LogP contribution in [0.2, 0.25) is 0 Å². The molecule has 0 bridgehead atoms. The minimum atomic E-state index is -0.309. The predicted octanol–water partition coefficient (Wildman–Crippen LogP) is 0.407. The van der Waals surface area contributed by atoms with Crippen LogP contribution in [-0.4, -0.2) is 36.8 Å². The Morgan fingerprint density at radius 3 is 2.60 bits per heavy atom. The standard InChI is InChI=1S/C11H22N2O2/c1-12-8-4-5-10(15)13-11(9-14)6-2-3-7-11/h12,14H,2-9H2,1H3,(H,13,15). The second kappa shape index (κ2) is 6.08. The van der Waals surface area contributed by atoms with Gasteiger partial charge in [0.15, 0.2) is 0 Å². The van der Waals surface area contributed by atoms with Gasteiger partial charge in [-0.2, -0.15) is 0 Å². The highest BCUT2D eigenvalue weighted by atomic mass is 16.3. The van der Waals surface area contributed by atoms with Gasteiger partial charge in [0.1, 0.15) is 0 Å². The van der Waals surface area contributed by atoms with Gasteiger partial charge in [0.2, 0.25) is 5.91 Å². The molecule has 1 amide bonds. The fraction of sp³-hybridized carbons (Fsp3) is 0.909. The molecule has 0 aliphatic heterocycles. The van der Waals surface area contributed by atoms with Crippen LogP contribution in [0.1, 0.15) is 38.5 Å². The van der Waals surface area contributed by atoms with Crippen molar-refractivity contribution < 1.29 is 9.90 Å². The van der Waals surface area contributed by atoms with E-state index in [1.807, 2.05) is 7.05 Å². The summed E-state index contributed by atoms with van der Waals surface area (Å²) in [5, 5.41) is 15.3. The van der Waals surface area contributed by atoms with Crippen molar-refractivity contribution in [3.63, 3.8) is 0 Å². The average molecular weight is 214 g/mol. The molecule has 0 atom stereocenters. The molecule has 1 aliphatic rings. The number of rotatable bonds is 6. The minimum absolute atomic E-state index is 0.0706. The summed E-state index contributed by atoms with van der Waals surface area (Å²) < 4.78 is 0. The summed E-state index contributed by atoms with van der Waals surface area (Å²) in [5.74, 6) is 0.0706. The molecule has 88 valence electrons. The number of aliphatic hydroxyl groups excluding tert-OH is 1. The summed E-state index contributed by atoms with van der Waals surface area (Å²) in [6, 6.07) is 0. The van der Waals surface area contributed by atoms with E-state index < -0.39 is 0 Å². The first-order chi connectivity index (χ1) is 7.22. The predicted molar refractivity (Wildman–Crippen MR) is 59.6 cm³/mol. The van der Waals surface area contributed by atoms with Crippen LogP contribution in [-0.2, 0) is 4.79 Å². The molecule has 0 unspecified atom stereocenters. The molecule has 3 N–H and O–H groups in total. The monoisotopic (exact) mass is 214 g/mol. The molecule has 1 fully saturated rings. The highest BCUT2D eigenvalue weighted by molar-refractivity contribution is 5.76. The van der Waals surface area contributed by atoms with Crippen molar-refractivity contribution in [1.82, 2.24) is 10.6 Å². The second-order valence-corrected chi connectivity index (χ2v) is 4.40. The van der Waals surface area contributed by atoms with E-state index in [9.17, 15) is 9.90 Å². The number of carbonyl (C=O) groups excluding carboxylic acids is 1. The lowest BCUT2D eigenvalue weighted by Crippen LogP contribution is -2.49. The zero-order valence-electron chi connectivity index (χ0n) is 9.51. The molecule has 4 nitrogen and oxygen atoms in total. The summed E-state index contributed by atoms with van der Waals surface area (Å²) in [7, 11) is 1.88. The first-order valence-electron chi connectivity index (χ1n) is 5.79. The van der Waals surface area contributed by atoms with E-state index >= 15 is 0 Å². The Kier molecular flexibility index (Phi) is 5.05. The van der Waals surface area contributed by atoms with Crippen molar-refractivity contribution in [1.29, 1.82) is 0 Å². The van der Waals surface area contributed by atoms with Gasteiger partial charge in [-0.25, -0.2) is 0 Å².